The molecule has 0 aliphatic rings. The van der Waals surface area contributed by atoms with Crippen LogP contribution in [0.3, 0.4) is 0 Å². The van der Waals surface area contributed by atoms with Crippen LogP contribution in [0.4, 0.5) is 0 Å². The third kappa shape index (κ3) is 4.20. The SMILES string of the molecule is COc1nc2ccc(C(=O)c3ccc(C#N)cc3)cc2c(Cl)c1OCc1ccccc1. The lowest BCUT2D eigenvalue weighted by Crippen LogP contribution is -2.03. The maximum atomic E-state index is 12.9. The molecule has 0 spiro atoms. The number of hydrogen-bond acceptors (Lipinski definition) is 5. The normalized spacial score (nSPS) is 10.5. The Hall–Kier alpha value is -3.88. The minimum absolute atomic E-state index is 0.176. The van der Waals surface area contributed by atoms with E-state index < -0.39 is 0 Å². The number of hydrogen-bond donors (Lipinski definition) is 0. The Morgan fingerprint density at radius 3 is 2.42 bits per heavy atom. The number of methoxy groups -OCH3 is 1. The van der Waals surface area contributed by atoms with Gasteiger partial charge in [-0.2, -0.15) is 5.26 Å². The minimum Gasteiger partial charge on any atom is -0.482 e. The van der Waals surface area contributed by atoms with Crippen molar-refractivity contribution in [1.82, 2.24) is 4.98 Å². The predicted molar refractivity (Wildman–Crippen MR) is 119 cm³/mol. The van der Waals surface area contributed by atoms with Crippen LogP contribution in [0, 0.1) is 11.3 Å². The molecule has 0 radical (unpaired) electrons. The molecule has 0 saturated carbocycles. The lowest BCUT2D eigenvalue weighted by Gasteiger charge is -2.14. The number of nitrogens with zero attached hydrogens (tertiary/aromatic N) is 2. The van der Waals surface area contributed by atoms with E-state index >= 15 is 0 Å². The summed E-state index contributed by atoms with van der Waals surface area (Å²) >= 11 is 6.66. The number of pyridine rings is 1. The number of rotatable bonds is 6. The van der Waals surface area contributed by atoms with Gasteiger partial charge >= 0.3 is 0 Å². The number of fused-ring (bicyclic) bond motifs is 1. The van der Waals surface area contributed by atoms with Crippen LogP contribution in [0.2, 0.25) is 5.02 Å². The van der Waals surface area contributed by atoms with Gasteiger partial charge in [0.1, 0.15) is 6.61 Å². The molecule has 31 heavy (non-hydrogen) atoms. The molecule has 6 heteroatoms. The second kappa shape index (κ2) is 8.86. The summed E-state index contributed by atoms with van der Waals surface area (Å²) in [6.45, 7) is 0.300. The summed E-state index contributed by atoms with van der Waals surface area (Å²) in [4.78, 5) is 17.4. The zero-order chi connectivity index (χ0) is 21.8. The number of ether oxygens (including phenoxy) is 2. The quantitative estimate of drug-likeness (QED) is 0.375. The zero-order valence-electron chi connectivity index (χ0n) is 16.6. The van der Waals surface area contributed by atoms with Gasteiger partial charge in [-0.3, -0.25) is 4.79 Å². The number of halogens is 1. The van der Waals surface area contributed by atoms with Crippen LogP contribution < -0.4 is 9.47 Å². The van der Waals surface area contributed by atoms with Crippen LogP contribution in [-0.4, -0.2) is 17.9 Å². The van der Waals surface area contributed by atoms with Gasteiger partial charge in [0.25, 0.3) is 5.88 Å². The van der Waals surface area contributed by atoms with Gasteiger partial charge in [-0.25, -0.2) is 4.98 Å². The van der Waals surface area contributed by atoms with Crippen LogP contribution in [0.5, 0.6) is 11.6 Å². The maximum Gasteiger partial charge on any atom is 0.258 e. The Morgan fingerprint density at radius 1 is 1.03 bits per heavy atom. The van der Waals surface area contributed by atoms with Crippen LogP contribution in [0.15, 0.2) is 72.8 Å². The first-order valence-corrected chi connectivity index (χ1v) is 9.87. The molecule has 0 amide bonds. The molecule has 152 valence electrons. The molecule has 0 aliphatic carbocycles. The Morgan fingerprint density at radius 2 is 1.74 bits per heavy atom. The molecule has 0 aliphatic heterocycles. The van der Waals surface area contributed by atoms with Gasteiger partial charge in [0.05, 0.1) is 29.3 Å². The summed E-state index contributed by atoms with van der Waals surface area (Å²) in [5.74, 6) is 0.424. The summed E-state index contributed by atoms with van der Waals surface area (Å²) in [6, 6.07) is 23.3. The van der Waals surface area contributed by atoms with Crippen LogP contribution in [0.25, 0.3) is 10.9 Å². The van der Waals surface area contributed by atoms with Gasteiger partial charge in [-0.05, 0) is 48.0 Å². The third-order valence-electron chi connectivity index (χ3n) is 4.81. The highest BCUT2D eigenvalue weighted by atomic mass is 35.5. The molecule has 4 aromatic rings. The Labute approximate surface area is 184 Å². The highest BCUT2D eigenvalue weighted by Crippen LogP contribution is 2.39. The highest BCUT2D eigenvalue weighted by Gasteiger charge is 2.18. The smallest absolute Gasteiger partial charge is 0.258 e. The number of nitriles is 1. The second-order valence-corrected chi connectivity index (χ2v) is 7.17. The first-order chi connectivity index (χ1) is 15.1. The van der Waals surface area contributed by atoms with E-state index in [9.17, 15) is 4.79 Å². The van der Waals surface area contributed by atoms with Crippen molar-refractivity contribution in [3.05, 3.63) is 100 Å². The van der Waals surface area contributed by atoms with E-state index in [1.54, 1.807) is 42.5 Å². The van der Waals surface area contributed by atoms with Crippen LogP contribution in [-0.2, 0) is 6.61 Å². The highest BCUT2D eigenvalue weighted by molar-refractivity contribution is 6.37. The fourth-order valence-corrected chi connectivity index (χ4v) is 3.47. The fourth-order valence-electron chi connectivity index (χ4n) is 3.18. The second-order valence-electron chi connectivity index (χ2n) is 6.79. The van der Waals surface area contributed by atoms with Gasteiger partial charge in [0, 0.05) is 16.5 Å². The van der Waals surface area contributed by atoms with Crippen LogP contribution >= 0.6 is 11.6 Å². The van der Waals surface area contributed by atoms with Crippen molar-refractivity contribution in [1.29, 1.82) is 5.26 Å². The molecule has 1 aromatic heterocycles. The number of aromatic nitrogens is 1. The Kier molecular flexibility index (Phi) is 5.83. The van der Waals surface area contributed by atoms with Crippen molar-refractivity contribution in [2.24, 2.45) is 0 Å². The van der Waals surface area contributed by atoms with Gasteiger partial charge in [0.15, 0.2) is 5.78 Å². The Balaban J connectivity index is 1.71. The summed E-state index contributed by atoms with van der Waals surface area (Å²) in [5, 5.41) is 9.85. The minimum atomic E-state index is -0.176. The summed E-state index contributed by atoms with van der Waals surface area (Å²) in [7, 11) is 1.50. The van der Waals surface area contributed by atoms with E-state index in [2.05, 4.69) is 4.98 Å². The van der Waals surface area contributed by atoms with Crippen molar-refractivity contribution in [3.8, 4) is 17.7 Å². The standard InChI is InChI=1S/C25H17ClN2O3/c1-30-25-24(31-15-17-5-3-2-4-6-17)22(26)20-13-19(11-12-21(20)28-25)23(29)18-9-7-16(14-27)8-10-18/h2-13H,15H2,1H3. The molecule has 0 atom stereocenters. The van der Waals surface area contributed by atoms with E-state index in [0.29, 0.717) is 45.0 Å². The molecular formula is C25H17ClN2O3. The molecule has 3 aromatic carbocycles. The van der Waals surface area contributed by atoms with Crippen molar-refractivity contribution >= 4 is 28.3 Å². The Bertz CT molecular complexity index is 1300. The van der Waals surface area contributed by atoms with Gasteiger partial charge in [0.2, 0.25) is 5.75 Å². The van der Waals surface area contributed by atoms with Crippen molar-refractivity contribution < 1.29 is 14.3 Å². The van der Waals surface area contributed by atoms with Crippen molar-refractivity contribution in [2.45, 2.75) is 6.61 Å². The average Bonchev–Trinajstić information content (AvgIpc) is 2.83. The first kappa shape index (κ1) is 20.4. The first-order valence-electron chi connectivity index (χ1n) is 9.49. The monoisotopic (exact) mass is 428 g/mol. The predicted octanol–water partition coefficient (Wildman–Crippen LogP) is 5.58. The van der Waals surface area contributed by atoms with Crippen molar-refractivity contribution in [2.75, 3.05) is 7.11 Å². The average molecular weight is 429 g/mol. The molecule has 0 N–H and O–H groups in total. The zero-order valence-corrected chi connectivity index (χ0v) is 17.4. The van der Waals surface area contributed by atoms with Gasteiger partial charge in [-0.1, -0.05) is 41.9 Å². The number of benzene rings is 3. The van der Waals surface area contributed by atoms with E-state index in [1.165, 1.54) is 7.11 Å². The molecule has 1 heterocycles. The summed E-state index contributed by atoms with van der Waals surface area (Å²) in [5.41, 5.74) is 3.00. The lowest BCUT2D eigenvalue weighted by molar-refractivity contribution is 0.103. The van der Waals surface area contributed by atoms with Crippen molar-refractivity contribution in [3.63, 3.8) is 0 Å². The number of ketones is 1. The molecule has 0 bridgehead atoms. The molecule has 4 rings (SSSR count). The summed E-state index contributed by atoms with van der Waals surface area (Å²) in [6.07, 6.45) is 0. The molecule has 0 saturated heterocycles. The summed E-state index contributed by atoms with van der Waals surface area (Å²) < 4.78 is 11.3. The fraction of sp³-hybridized carbons (Fsp3) is 0.0800. The molecular weight excluding hydrogens is 412 g/mol. The topological polar surface area (TPSA) is 72.2 Å². The third-order valence-corrected chi connectivity index (χ3v) is 5.18. The molecule has 5 nitrogen and oxygen atoms in total. The maximum absolute atomic E-state index is 12.9. The van der Waals surface area contributed by atoms with E-state index in [0.717, 1.165) is 5.56 Å². The van der Waals surface area contributed by atoms with Gasteiger partial charge in [-0.15, -0.1) is 0 Å². The molecule has 0 unspecified atom stereocenters. The van der Waals surface area contributed by atoms with E-state index in [-0.39, 0.29) is 11.7 Å². The largest absolute Gasteiger partial charge is 0.482 e. The lowest BCUT2D eigenvalue weighted by atomic mass is 10.0. The molecule has 0 fully saturated rings. The van der Waals surface area contributed by atoms with E-state index in [4.69, 9.17) is 26.3 Å². The van der Waals surface area contributed by atoms with Crippen LogP contribution in [0.1, 0.15) is 27.0 Å². The number of carbonyl (C=O) groups excluding carboxylic acids is 1. The van der Waals surface area contributed by atoms with Gasteiger partial charge < -0.3 is 9.47 Å². The number of carbonyl (C=O) groups is 1. The van der Waals surface area contributed by atoms with E-state index in [1.807, 2.05) is 36.4 Å².